The SMILES string of the molecule is O=C1C[C@@H](NCc2ccc(Cl)cc2Cl)C(=O)N1c1ccccc1. The topological polar surface area (TPSA) is 49.4 Å². The molecular formula is C17H14Cl2N2O2. The van der Waals surface area contributed by atoms with Crippen LogP contribution in [0.25, 0.3) is 0 Å². The van der Waals surface area contributed by atoms with E-state index in [0.717, 1.165) is 5.56 Å². The van der Waals surface area contributed by atoms with Crippen LogP contribution in [0, 0.1) is 0 Å². The molecule has 4 nitrogen and oxygen atoms in total. The number of rotatable bonds is 4. The van der Waals surface area contributed by atoms with E-state index < -0.39 is 6.04 Å². The second-order valence-electron chi connectivity index (χ2n) is 5.28. The Bertz CT molecular complexity index is 750. The lowest BCUT2D eigenvalue weighted by Crippen LogP contribution is -2.38. The summed E-state index contributed by atoms with van der Waals surface area (Å²) in [7, 11) is 0. The third-order valence-electron chi connectivity index (χ3n) is 3.72. The van der Waals surface area contributed by atoms with Gasteiger partial charge in [0.25, 0.3) is 5.91 Å². The van der Waals surface area contributed by atoms with E-state index in [9.17, 15) is 9.59 Å². The number of halogens is 2. The van der Waals surface area contributed by atoms with Gasteiger partial charge in [0, 0.05) is 16.6 Å². The fraction of sp³-hybridized carbons (Fsp3) is 0.176. The van der Waals surface area contributed by atoms with Crippen LogP contribution in [-0.4, -0.2) is 17.9 Å². The Morgan fingerprint density at radius 1 is 1.09 bits per heavy atom. The van der Waals surface area contributed by atoms with E-state index in [0.29, 0.717) is 22.3 Å². The third-order valence-corrected chi connectivity index (χ3v) is 4.30. The Hall–Kier alpha value is -1.88. The van der Waals surface area contributed by atoms with Gasteiger partial charge < -0.3 is 5.32 Å². The Morgan fingerprint density at radius 2 is 1.83 bits per heavy atom. The van der Waals surface area contributed by atoms with Crippen LogP contribution in [0.1, 0.15) is 12.0 Å². The molecule has 118 valence electrons. The molecule has 1 heterocycles. The second-order valence-corrected chi connectivity index (χ2v) is 6.12. The molecule has 1 atom stereocenters. The van der Waals surface area contributed by atoms with Crippen LogP contribution in [-0.2, 0) is 16.1 Å². The smallest absolute Gasteiger partial charge is 0.251 e. The Balaban J connectivity index is 1.70. The average Bonchev–Trinajstić information content (AvgIpc) is 2.81. The molecule has 1 fully saturated rings. The maximum Gasteiger partial charge on any atom is 0.251 e. The number of anilines is 1. The molecule has 0 unspecified atom stereocenters. The van der Waals surface area contributed by atoms with E-state index in [1.165, 1.54) is 4.90 Å². The largest absolute Gasteiger partial charge is 0.301 e. The third kappa shape index (κ3) is 3.39. The number of nitrogens with one attached hydrogen (secondary N) is 1. The lowest BCUT2D eigenvalue weighted by atomic mass is 10.2. The maximum absolute atomic E-state index is 12.5. The second kappa shape index (κ2) is 6.71. The van der Waals surface area contributed by atoms with E-state index in [2.05, 4.69) is 5.32 Å². The Labute approximate surface area is 144 Å². The van der Waals surface area contributed by atoms with Gasteiger partial charge in [0.1, 0.15) is 0 Å². The molecule has 6 heteroatoms. The van der Waals surface area contributed by atoms with Crippen molar-refractivity contribution in [3.05, 3.63) is 64.1 Å². The monoisotopic (exact) mass is 348 g/mol. The van der Waals surface area contributed by atoms with E-state index in [4.69, 9.17) is 23.2 Å². The van der Waals surface area contributed by atoms with Gasteiger partial charge in [-0.2, -0.15) is 0 Å². The highest BCUT2D eigenvalue weighted by atomic mass is 35.5. The van der Waals surface area contributed by atoms with Gasteiger partial charge in [0.15, 0.2) is 0 Å². The molecule has 23 heavy (non-hydrogen) atoms. The quantitative estimate of drug-likeness (QED) is 0.861. The lowest BCUT2D eigenvalue weighted by molar-refractivity contribution is -0.121. The fourth-order valence-corrected chi connectivity index (χ4v) is 3.01. The van der Waals surface area contributed by atoms with Gasteiger partial charge in [-0.3, -0.25) is 9.59 Å². The molecule has 0 radical (unpaired) electrons. The molecule has 0 aliphatic carbocycles. The molecule has 0 saturated carbocycles. The predicted molar refractivity (Wildman–Crippen MR) is 90.6 cm³/mol. The average molecular weight is 349 g/mol. The number of para-hydroxylation sites is 1. The molecular weight excluding hydrogens is 335 g/mol. The van der Waals surface area contributed by atoms with Crippen molar-refractivity contribution in [3.8, 4) is 0 Å². The highest BCUT2D eigenvalue weighted by Gasteiger charge is 2.39. The summed E-state index contributed by atoms with van der Waals surface area (Å²) in [5, 5.41) is 4.18. The van der Waals surface area contributed by atoms with Crippen LogP contribution in [0.3, 0.4) is 0 Å². The van der Waals surface area contributed by atoms with Gasteiger partial charge in [-0.05, 0) is 29.8 Å². The standard InChI is InChI=1S/C17H14Cl2N2O2/c18-12-7-6-11(14(19)8-12)10-20-15-9-16(22)21(17(15)23)13-4-2-1-3-5-13/h1-8,15,20H,9-10H2/t15-/m1/s1. The number of hydrogen-bond donors (Lipinski definition) is 1. The van der Waals surface area contributed by atoms with Gasteiger partial charge in [0.05, 0.1) is 18.2 Å². The minimum Gasteiger partial charge on any atom is -0.301 e. The fourth-order valence-electron chi connectivity index (χ4n) is 2.54. The first kappa shape index (κ1) is 16.0. The van der Waals surface area contributed by atoms with Gasteiger partial charge in [-0.1, -0.05) is 47.5 Å². The molecule has 2 aromatic carbocycles. The van der Waals surface area contributed by atoms with Crippen LogP contribution >= 0.6 is 23.2 Å². The molecule has 3 rings (SSSR count). The van der Waals surface area contributed by atoms with Gasteiger partial charge in [0.2, 0.25) is 5.91 Å². The first-order valence-electron chi connectivity index (χ1n) is 7.15. The minimum atomic E-state index is -0.547. The number of benzene rings is 2. The summed E-state index contributed by atoms with van der Waals surface area (Å²) in [6, 6.07) is 13.6. The lowest BCUT2D eigenvalue weighted by Gasteiger charge is -2.15. The number of amides is 2. The molecule has 1 saturated heterocycles. The Kier molecular flexibility index (Phi) is 4.66. The molecule has 0 aromatic heterocycles. The van der Waals surface area contributed by atoms with Crippen LogP contribution in [0.2, 0.25) is 10.0 Å². The molecule has 2 amide bonds. The van der Waals surface area contributed by atoms with Crippen molar-refractivity contribution in [2.24, 2.45) is 0 Å². The van der Waals surface area contributed by atoms with Crippen molar-refractivity contribution in [3.63, 3.8) is 0 Å². The molecule has 2 aromatic rings. The molecule has 0 spiro atoms. The van der Waals surface area contributed by atoms with Crippen molar-refractivity contribution in [1.29, 1.82) is 0 Å². The van der Waals surface area contributed by atoms with Crippen molar-refractivity contribution in [2.45, 2.75) is 19.0 Å². The van der Waals surface area contributed by atoms with Crippen molar-refractivity contribution in [1.82, 2.24) is 5.32 Å². The molecule has 1 N–H and O–H groups in total. The number of hydrogen-bond acceptors (Lipinski definition) is 3. The van der Waals surface area contributed by atoms with Crippen LogP contribution in [0.4, 0.5) is 5.69 Å². The summed E-state index contributed by atoms with van der Waals surface area (Å²) in [5.41, 5.74) is 1.42. The zero-order valence-electron chi connectivity index (χ0n) is 12.1. The van der Waals surface area contributed by atoms with E-state index in [-0.39, 0.29) is 18.2 Å². The summed E-state index contributed by atoms with van der Waals surface area (Å²) in [5.74, 6) is -0.452. The predicted octanol–water partition coefficient (Wildman–Crippen LogP) is 3.42. The molecule has 1 aliphatic rings. The van der Waals surface area contributed by atoms with Gasteiger partial charge in [-0.25, -0.2) is 4.90 Å². The van der Waals surface area contributed by atoms with Crippen LogP contribution in [0.15, 0.2) is 48.5 Å². The minimum absolute atomic E-state index is 0.138. The van der Waals surface area contributed by atoms with Gasteiger partial charge in [-0.15, -0.1) is 0 Å². The summed E-state index contributed by atoms with van der Waals surface area (Å²) < 4.78 is 0. The van der Waals surface area contributed by atoms with Crippen molar-refractivity contribution < 1.29 is 9.59 Å². The first-order valence-corrected chi connectivity index (χ1v) is 7.91. The van der Waals surface area contributed by atoms with Crippen molar-refractivity contribution in [2.75, 3.05) is 4.90 Å². The van der Waals surface area contributed by atoms with E-state index in [1.807, 2.05) is 6.07 Å². The van der Waals surface area contributed by atoms with Gasteiger partial charge >= 0.3 is 0 Å². The zero-order valence-corrected chi connectivity index (χ0v) is 13.6. The number of carbonyl (C=O) groups is 2. The van der Waals surface area contributed by atoms with Crippen LogP contribution < -0.4 is 10.2 Å². The first-order chi connectivity index (χ1) is 11.1. The number of carbonyl (C=O) groups excluding carboxylic acids is 2. The highest BCUT2D eigenvalue weighted by Crippen LogP contribution is 2.24. The zero-order chi connectivity index (χ0) is 16.4. The number of nitrogens with zero attached hydrogens (tertiary/aromatic N) is 1. The van der Waals surface area contributed by atoms with E-state index >= 15 is 0 Å². The van der Waals surface area contributed by atoms with E-state index in [1.54, 1.807) is 42.5 Å². The summed E-state index contributed by atoms with van der Waals surface area (Å²) in [6.45, 7) is 0.391. The molecule has 0 bridgehead atoms. The number of imide groups is 1. The summed E-state index contributed by atoms with van der Waals surface area (Å²) in [4.78, 5) is 25.8. The summed E-state index contributed by atoms with van der Waals surface area (Å²) in [6.07, 6.45) is 0.138. The normalized spacial score (nSPS) is 17.8. The van der Waals surface area contributed by atoms with Crippen LogP contribution in [0.5, 0.6) is 0 Å². The molecule has 1 aliphatic heterocycles. The maximum atomic E-state index is 12.5. The highest BCUT2D eigenvalue weighted by molar-refractivity contribution is 6.35. The summed E-state index contributed by atoms with van der Waals surface area (Å²) >= 11 is 12.0. The van der Waals surface area contributed by atoms with Crippen molar-refractivity contribution >= 4 is 40.7 Å². The Morgan fingerprint density at radius 3 is 2.52 bits per heavy atom.